The molecule has 0 aliphatic rings. The van der Waals surface area contributed by atoms with Gasteiger partial charge in [-0.1, -0.05) is 44.2 Å². The molecular weight excluding hydrogens is 376 g/mol. The molecule has 154 valence electrons. The van der Waals surface area contributed by atoms with Gasteiger partial charge in [0.25, 0.3) is 11.8 Å². The lowest BCUT2D eigenvalue weighted by Crippen LogP contribution is -2.16. The summed E-state index contributed by atoms with van der Waals surface area (Å²) in [6, 6.07) is 21.6. The lowest BCUT2D eigenvalue weighted by atomic mass is 10.1. The molecule has 3 rings (SSSR count). The molecule has 2 amide bonds. The molecule has 0 aliphatic heterocycles. The van der Waals surface area contributed by atoms with Crippen molar-refractivity contribution in [2.75, 3.05) is 17.2 Å². The molecule has 0 radical (unpaired) electrons. The molecule has 0 unspecified atom stereocenters. The van der Waals surface area contributed by atoms with E-state index in [-0.39, 0.29) is 11.8 Å². The minimum atomic E-state index is -0.286. The second-order valence-electron chi connectivity index (χ2n) is 7.56. The monoisotopic (exact) mass is 402 g/mol. The molecule has 0 heterocycles. The molecule has 30 heavy (non-hydrogen) atoms. The lowest BCUT2D eigenvalue weighted by Gasteiger charge is -2.13. The molecule has 0 saturated heterocycles. The Morgan fingerprint density at radius 3 is 2.23 bits per heavy atom. The van der Waals surface area contributed by atoms with Crippen LogP contribution in [0.5, 0.6) is 5.75 Å². The Morgan fingerprint density at radius 2 is 1.50 bits per heavy atom. The van der Waals surface area contributed by atoms with Gasteiger partial charge in [0, 0.05) is 16.9 Å². The van der Waals surface area contributed by atoms with E-state index in [1.165, 1.54) is 0 Å². The number of aryl methyl sites for hydroxylation is 1. The van der Waals surface area contributed by atoms with Crippen molar-refractivity contribution in [2.24, 2.45) is 5.92 Å². The quantitative estimate of drug-likeness (QED) is 0.546. The Bertz CT molecular complexity index is 1040. The Hall–Kier alpha value is -3.60. The molecular formula is C25H26N2O3. The lowest BCUT2D eigenvalue weighted by molar-refractivity contribution is 0.101. The van der Waals surface area contributed by atoms with E-state index in [0.717, 1.165) is 11.3 Å². The normalized spacial score (nSPS) is 10.5. The van der Waals surface area contributed by atoms with Crippen LogP contribution >= 0.6 is 0 Å². The van der Waals surface area contributed by atoms with Gasteiger partial charge in [0.05, 0.1) is 12.2 Å². The van der Waals surface area contributed by atoms with Gasteiger partial charge in [0.15, 0.2) is 0 Å². The van der Waals surface area contributed by atoms with Crippen LogP contribution in [0.3, 0.4) is 0 Å². The maximum Gasteiger partial charge on any atom is 0.259 e. The maximum atomic E-state index is 12.8. The number of amides is 2. The zero-order valence-electron chi connectivity index (χ0n) is 17.4. The average Bonchev–Trinajstić information content (AvgIpc) is 2.72. The van der Waals surface area contributed by atoms with Crippen molar-refractivity contribution in [1.82, 2.24) is 0 Å². The predicted molar refractivity (Wildman–Crippen MR) is 120 cm³/mol. The molecule has 0 aliphatic carbocycles. The first kappa shape index (κ1) is 21.1. The number of carbonyl (C=O) groups excluding carboxylic acids is 2. The van der Waals surface area contributed by atoms with E-state index in [4.69, 9.17) is 4.74 Å². The number of para-hydroxylation sites is 1. The van der Waals surface area contributed by atoms with Crippen LogP contribution in [0.15, 0.2) is 72.8 Å². The van der Waals surface area contributed by atoms with E-state index >= 15 is 0 Å². The molecule has 0 atom stereocenters. The number of benzene rings is 3. The van der Waals surface area contributed by atoms with Crippen LogP contribution in [0, 0.1) is 12.8 Å². The third-order valence-electron chi connectivity index (χ3n) is 4.36. The topological polar surface area (TPSA) is 67.4 Å². The number of nitrogens with one attached hydrogen (secondary N) is 2. The van der Waals surface area contributed by atoms with Crippen LogP contribution in [0.1, 0.15) is 40.1 Å². The smallest absolute Gasteiger partial charge is 0.259 e. The van der Waals surface area contributed by atoms with E-state index in [9.17, 15) is 9.59 Å². The first-order valence-corrected chi connectivity index (χ1v) is 9.93. The van der Waals surface area contributed by atoms with Crippen molar-refractivity contribution >= 4 is 23.2 Å². The van der Waals surface area contributed by atoms with E-state index in [2.05, 4.69) is 24.5 Å². The number of hydrogen-bond donors (Lipinski definition) is 2. The molecule has 0 aromatic heterocycles. The molecule has 5 heteroatoms. The zero-order valence-corrected chi connectivity index (χ0v) is 17.4. The van der Waals surface area contributed by atoms with Crippen molar-refractivity contribution < 1.29 is 14.3 Å². The summed E-state index contributed by atoms with van der Waals surface area (Å²) in [5, 5.41) is 5.73. The summed E-state index contributed by atoms with van der Waals surface area (Å²) < 4.78 is 5.77. The van der Waals surface area contributed by atoms with Gasteiger partial charge >= 0.3 is 0 Å². The minimum absolute atomic E-state index is 0.239. The second kappa shape index (κ2) is 9.74. The zero-order chi connectivity index (χ0) is 21.5. The second-order valence-corrected chi connectivity index (χ2v) is 7.56. The summed E-state index contributed by atoms with van der Waals surface area (Å²) in [4.78, 5) is 25.4. The highest BCUT2D eigenvalue weighted by molar-refractivity contribution is 6.08. The number of carbonyl (C=O) groups is 2. The highest BCUT2D eigenvalue weighted by Crippen LogP contribution is 2.21. The SMILES string of the molecule is Cc1cccc(NC(=O)c2cccc(NC(=O)c3ccccc3OCC(C)C)c2)c1. The largest absolute Gasteiger partial charge is 0.492 e. The molecule has 3 aromatic rings. The standard InChI is InChI=1S/C25H26N2O3/c1-17(2)16-30-23-13-5-4-12-22(23)25(29)27-21-11-7-9-19(15-21)24(28)26-20-10-6-8-18(3)14-20/h4-15,17H,16H2,1-3H3,(H,26,28)(H,27,29). The first-order valence-electron chi connectivity index (χ1n) is 9.93. The van der Waals surface area contributed by atoms with E-state index < -0.39 is 0 Å². The predicted octanol–water partition coefficient (Wildman–Crippen LogP) is 5.53. The molecule has 5 nitrogen and oxygen atoms in total. The number of rotatable bonds is 7. The Balaban J connectivity index is 1.72. The van der Waals surface area contributed by atoms with Gasteiger partial charge in [-0.2, -0.15) is 0 Å². The Kier molecular flexibility index (Phi) is 6.86. The van der Waals surface area contributed by atoms with Gasteiger partial charge in [-0.3, -0.25) is 9.59 Å². The summed E-state index contributed by atoms with van der Waals surface area (Å²) in [5.74, 6) is 0.365. The van der Waals surface area contributed by atoms with Crippen LogP contribution in [0.4, 0.5) is 11.4 Å². The van der Waals surface area contributed by atoms with Crippen molar-refractivity contribution in [2.45, 2.75) is 20.8 Å². The molecule has 0 spiro atoms. The fraction of sp³-hybridized carbons (Fsp3) is 0.200. The van der Waals surface area contributed by atoms with Gasteiger partial charge in [-0.15, -0.1) is 0 Å². The van der Waals surface area contributed by atoms with E-state index in [1.807, 2.05) is 37.3 Å². The summed E-state index contributed by atoms with van der Waals surface area (Å²) in [5.41, 5.74) is 3.24. The van der Waals surface area contributed by atoms with Crippen LogP contribution in [-0.4, -0.2) is 18.4 Å². The number of ether oxygens (including phenoxy) is 1. The van der Waals surface area contributed by atoms with Crippen LogP contribution in [-0.2, 0) is 0 Å². The number of anilines is 2. The van der Waals surface area contributed by atoms with Crippen molar-refractivity contribution in [1.29, 1.82) is 0 Å². The van der Waals surface area contributed by atoms with Gasteiger partial charge in [0.1, 0.15) is 5.75 Å². The molecule has 2 N–H and O–H groups in total. The fourth-order valence-electron chi connectivity index (χ4n) is 2.90. The summed E-state index contributed by atoms with van der Waals surface area (Å²) >= 11 is 0. The maximum absolute atomic E-state index is 12.8. The molecule has 3 aromatic carbocycles. The third-order valence-corrected chi connectivity index (χ3v) is 4.36. The minimum Gasteiger partial charge on any atom is -0.492 e. The Labute approximate surface area is 177 Å². The summed E-state index contributed by atoms with van der Waals surface area (Å²) in [6.45, 7) is 6.60. The Morgan fingerprint density at radius 1 is 0.833 bits per heavy atom. The molecule has 0 bridgehead atoms. The number of hydrogen-bond acceptors (Lipinski definition) is 3. The average molecular weight is 402 g/mol. The van der Waals surface area contributed by atoms with Gasteiger partial charge in [-0.25, -0.2) is 0 Å². The van der Waals surface area contributed by atoms with Crippen LogP contribution in [0.25, 0.3) is 0 Å². The van der Waals surface area contributed by atoms with Gasteiger partial charge < -0.3 is 15.4 Å². The molecule has 0 fully saturated rings. The van der Waals surface area contributed by atoms with Crippen molar-refractivity contribution in [3.05, 3.63) is 89.5 Å². The first-order chi connectivity index (χ1) is 14.4. The van der Waals surface area contributed by atoms with Crippen molar-refractivity contribution in [3.8, 4) is 5.75 Å². The van der Waals surface area contributed by atoms with Crippen LogP contribution < -0.4 is 15.4 Å². The van der Waals surface area contributed by atoms with Crippen LogP contribution in [0.2, 0.25) is 0 Å². The molecule has 0 saturated carbocycles. The van der Waals surface area contributed by atoms with Gasteiger partial charge in [-0.05, 0) is 60.9 Å². The van der Waals surface area contributed by atoms with Gasteiger partial charge in [0.2, 0.25) is 0 Å². The third kappa shape index (κ3) is 5.70. The summed E-state index contributed by atoms with van der Waals surface area (Å²) in [7, 11) is 0. The summed E-state index contributed by atoms with van der Waals surface area (Å²) in [6.07, 6.45) is 0. The highest BCUT2D eigenvalue weighted by atomic mass is 16.5. The highest BCUT2D eigenvalue weighted by Gasteiger charge is 2.14. The van der Waals surface area contributed by atoms with Crippen molar-refractivity contribution in [3.63, 3.8) is 0 Å². The van der Waals surface area contributed by atoms with E-state index in [1.54, 1.807) is 42.5 Å². The van der Waals surface area contributed by atoms with E-state index in [0.29, 0.717) is 35.1 Å². The fourth-order valence-corrected chi connectivity index (χ4v) is 2.90.